The lowest BCUT2D eigenvalue weighted by molar-refractivity contribution is -0.120. The lowest BCUT2D eigenvalue weighted by Gasteiger charge is -2.25. The van der Waals surface area contributed by atoms with Gasteiger partial charge in [0.25, 0.3) is 0 Å². The summed E-state index contributed by atoms with van der Waals surface area (Å²) in [6.07, 6.45) is -0.561. The Kier molecular flexibility index (Phi) is 6.11. The zero-order valence-electron chi connectivity index (χ0n) is 13.1. The molecule has 5 heteroatoms. The van der Waals surface area contributed by atoms with Crippen LogP contribution in [-0.4, -0.2) is 30.2 Å². The van der Waals surface area contributed by atoms with Crippen molar-refractivity contribution in [2.75, 3.05) is 18.0 Å². The minimum Gasteiger partial charge on any atom is -0.392 e. The van der Waals surface area contributed by atoms with Crippen molar-refractivity contribution in [1.29, 1.82) is 0 Å². The Morgan fingerprint density at radius 1 is 1.17 bits per heavy atom. The Bertz CT molecular complexity index is 632. The Balaban J connectivity index is 1.96. The fourth-order valence-corrected chi connectivity index (χ4v) is 2.28. The molecule has 0 aliphatic carbocycles. The van der Waals surface area contributed by atoms with E-state index < -0.39 is 6.10 Å². The summed E-state index contributed by atoms with van der Waals surface area (Å²) in [4.78, 5) is 13.9. The Morgan fingerprint density at radius 3 is 2.48 bits per heavy atom. The summed E-state index contributed by atoms with van der Waals surface area (Å²) in [7, 11) is 0. The SMILES string of the molecule is CC(O)CN(CC(=O)NCc1ccccc1F)c1ccccc1. The van der Waals surface area contributed by atoms with Crippen LogP contribution in [0.5, 0.6) is 0 Å². The first-order valence-corrected chi connectivity index (χ1v) is 7.54. The molecule has 0 aromatic heterocycles. The number of amides is 1. The van der Waals surface area contributed by atoms with Gasteiger partial charge in [-0.25, -0.2) is 4.39 Å². The molecule has 0 saturated heterocycles. The van der Waals surface area contributed by atoms with Crippen molar-refractivity contribution in [1.82, 2.24) is 5.32 Å². The summed E-state index contributed by atoms with van der Waals surface area (Å²) < 4.78 is 13.5. The lowest BCUT2D eigenvalue weighted by atomic mass is 10.2. The van der Waals surface area contributed by atoms with Gasteiger partial charge >= 0.3 is 0 Å². The molecule has 0 spiro atoms. The second-order valence-corrected chi connectivity index (χ2v) is 5.43. The van der Waals surface area contributed by atoms with Crippen LogP contribution in [0.2, 0.25) is 0 Å². The van der Waals surface area contributed by atoms with Crippen molar-refractivity contribution in [3.63, 3.8) is 0 Å². The van der Waals surface area contributed by atoms with Crippen LogP contribution in [0.25, 0.3) is 0 Å². The normalized spacial score (nSPS) is 11.8. The molecule has 0 bridgehead atoms. The van der Waals surface area contributed by atoms with Gasteiger partial charge in [0.1, 0.15) is 5.82 Å². The Hall–Kier alpha value is -2.40. The molecular weight excluding hydrogens is 295 g/mol. The molecule has 2 rings (SSSR count). The van der Waals surface area contributed by atoms with E-state index in [4.69, 9.17) is 0 Å². The molecule has 2 aromatic carbocycles. The van der Waals surface area contributed by atoms with Crippen molar-refractivity contribution in [2.24, 2.45) is 0 Å². The van der Waals surface area contributed by atoms with Gasteiger partial charge < -0.3 is 15.3 Å². The second kappa shape index (κ2) is 8.29. The number of nitrogens with one attached hydrogen (secondary N) is 1. The van der Waals surface area contributed by atoms with Crippen LogP contribution in [-0.2, 0) is 11.3 Å². The fourth-order valence-electron chi connectivity index (χ4n) is 2.28. The highest BCUT2D eigenvalue weighted by Gasteiger charge is 2.14. The zero-order chi connectivity index (χ0) is 16.7. The van der Waals surface area contributed by atoms with E-state index in [1.165, 1.54) is 6.07 Å². The topological polar surface area (TPSA) is 52.6 Å². The third-order valence-corrected chi connectivity index (χ3v) is 3.37. The number of carbonyl (C=O) groups excluding carboxylic acids is 1. The number of anilines is 1. The van der Waals surface area contributed by atoms with E-state index in [0.29, 0.717) is 12.1 Å². The monoisotopic (exact) mass is 316 g/mol. The molecule has 0 radical (unpaired) electrons. The maximum absolute atomic E-state index is 13.5. The number of aliphatic hydroxyl groups is 1. The third kappa shape index (κ3) is 5.38. The highest BCUT2D eigenvalue weighted by atomic mass is 19.1. The minimum absolute atomic E-state index is 0.101. The smallest absolute Gasteiger partial charge is 0.239 e. The first-order chi connectivity index (χ1) is 11.1. The Labute approximate surface area is 135 Å². The van der Waals surface area contributed by atoms with E-state index in [0.717, 1.165) is 5.69 Å². The van der Waals surface area contributed by atoms with E-state index in [2.05, 4.69) is 5.32 Å². The first kappa shape index (κ1) is 17.0. The molecule has 1 unspecified atom stereocenters. The number of aliphatic hydroxyl groups excluding tert-OH is 1. The molecule has 122 valence electrons. The standard InChI is InChI=1S/C18H21FN2O2/c1-14(22)12-21(16-8-3-2-4-9-16)13-18(23)20-11-15-7-5-6-10-17(15)19/h2-10,14,22H,11-13H2,1H3,(H,20,23). The summed E-state index contributed by atoms with van der Waals surface area (Å²) >= 11 is 0. The number of halogens is 1. The van der Waals surface area contributed by atoms with E-state index in [9.17, 15) is 14.3 Å². The van der Waals surface area contributed by atoms with Crippen molar-refractivity contribution in [3.8, 4) is 0 Å². The van der Waals surface area contributed by atoms with Crippen molar-refractivity contribution in [2.45, 2.75) is 19.6 Å². The van der Waals surface area contributed by atoms with Gasteiger partial charge in [-0.1, -0.05) is 36.4 Å². The molecule has 0 saturated carbocycles. The van der Waals surface area contributed by atoms with E-state index in [-0.39, 0.29) is 24.8 Å². The van der Waals surface area contributed by atoms with Crippen LogP contribution >= 0.6 is 0 Å². The first-order valence-electron chi connectivity index (χ1n) is 7.54. The fraction of sp³-hybridized carbons (Fsp3) is 0.278. The van der Waals surface area contributed by atoms with Crippen molar-refractivity contribution >= 4 is 11.6 Å². The van der Waals surface area contributed by atoms with E-state index in [1.54, 1.807) is 30.0 Å². The van der Waals surface area contributed by atoms with Crippen LogP contribution in [0.3, 0.4) is 0 Å². The molecule has 0 aliphatic rings. The lowest BCUT2D eigenvalue weighted by Crippen LogP contribution is -2.40. The highest BCUT2D eigenvalue weighted by Crippen LogP contribution is 2.13. The van der Waals surface area contributed by atoms with Gasteiger partial charge in [-0.3, -0.25) is 4.79 Å². The van der Waals surface area contributed by atoms with Gasteiger partial charge in [-0.2, -0.15) is 0 Å². The molecule has 1 atom stereocenters. The summed E-state index contributed by atoms with van der Waals surface area (Å²) in [5, 5.41) is 12.3. The van der Waals surface area contributed by atoms with Gasteiger partial charge in [0.05, 0.1) is 12.6 Å². The number of benzene rings is 2. The van der Waals surface area contributed by atoms with E-state index in [1.807, 2.05) is 30.3 Å². The number of hydrogen-bond acceptors (Lipinski definition) is 3. The van der Waals surface area contributed by atoms with Gasteiger partial charge in [0.15, 0.2) is 0 Å². The number of rotatable bonds is 7. The van der Waals surface area contributed by atoms with Crippen LogP contribution in [0.15, 0.2) is 54.6 Å². The maximum Gasteiger partial charge on any atom is 0.239 e. The molecular formula is C18H21FN2O2. The summed E-state index contributed by atoms with van der Waals surface area (Å²) in [5.74, 6) is -0.561. The number of carbonyl (C=O) groups is 1. The van der Waals surface area contributed by atoms with E-state index >= 15 is 0 Å². The van der Waals surface area contributed by atoms with Crippen LogP contribution < -0.4 is 10.2 Å². The van der Waals surface area contributed by atoms with Crippen LogP contribution in [0.1, 0.15) is 12.5 Å². The predicted octanol–water partition coefficient (Wildman–Crippen LogP) is 2.33. The predicted molar refractivity (Wildman–Crippen MR) is 88.6 cm³/mol. The number of para-hydroxylation sites is 1. The molecule has 0 aliphatic heterocycles. The van der Waals surface area contributed by atoms with Gasteiger partial charge in [-0.15, -0.1) is 0 Å². The van der Waals surface area contributed by atoms with Gasteiger partial charge in [-0.05, 0) is 25.1 Å². The number of nitrogens with zero attached hydrogens (tertiary/aromatic N) is 1. The second-order valence-electron chi connectivity index (χ2n) is 5.43. The van der Waals surface area contributed by atoms with Crippen LogP contribution in [0, 0.1) is 5.82 Å². The molecule has 23 heavy (non-hydrogen) atoms. The summed E-state index contributed by atoms with van der Waals surface area (Å²) in [5.41, 5.74) is 1.30. The molecule has 4 nitrogen and oxygen atoms in total. The van der Waals surface area contributed by atoms with Crippen molar-refractivity contribution in [3.05, 3.63) is 66.0 Å². The van der Waals surface area contributed by atoms with Gasteiger partial charge in [0, 0.05) is 24.3 Å². The van der Waals surface area contributed by atoms with Crippen molar-refractivity contribution < 1.29 is 14.3 Å². The third-order valence-electron chi connectivity index (χ3n) is 3.37. The highest BCUT2D eigenvalue weighted by molar-refractivity contribution is 5.81. The maximum atomic E-state index is 13.5. The summed E-state index contributed by atoms with van der Waals surface area (Å²) in [6, 6.07) is 15.8. The average Bonchev–Trinajstić information content (AvgIpc) is 2.54. The quantitative estimate of drug-likeness (QED) is 0.824. The van der Waals surface area contributed by atoms with Gasteiger partial charge in [0.2, 0.25) is 5.91 Å². The molecule has 1 amide bonds. The molecule has 0 fully saturated rings. The van der Waals surface area contributed by atoms with Crippen LogP contribution in [0.4, 0.5) is 10.1 Å². The minimum atomic E-state index is -0.561. The number of hydrogen-bond donors (Lipinski definition) is 2. The molecule has 0 heterocycles. The average molecular weight is 316 g/mol. The Morgan fingerprint density at radius 2 is 1.83 bits per heavy atom. The summed E-state index contributed by atoms with van der Waals surface area (Å²) in [6.45, 7) is 2.26. The molecule has 2 aromatic rings. The molecule has 2 N–H and O–H groups in total. The zero-order valence-corrected chi connectivity index (χ0v) is 13.1. The largest absolute Gasteiger partial charge is 0.392 e.